The van der Waals surface area contributed by atoms with Gasteiger partial charge in [-0.3, -0.25) is 4.79 Å². The number of amides is 1. The van der Waals surface area contributed by atoms with Crippen molar-refractivity contribution in [1.82, 2.24) is 0 Å². The molecule has 0 bridgehead atoms. The molecule has 2 rings (SSSR count). The summed E-state index contributed by atoms with van der Waals surface area (Å²) in [7, 11) is 0. The molecule has 1 aromatic rings. The highest BCUT2D eigenvalue weighted by Gasteiger charge is 2.25. The first kappa shape index (κ1) is 11.7. The Morgan fingerprint density at radius 1 is 1.65 bits per heavy atom. The first-order chi connectivity index (χ1) is 8.17. The number of thiocarbonyl (C=S) groups is 1. The van der Waals surface area contributed by atoms with E-state index in [4.69, 9.17) is 4.74 Å². The van der Waals surface area contributed by atoms with E-state index in [2.05, 4.69) is 22.4 Å². The minimum atomic E-state index is -0.550. The number of carbonyl (C=O) groups is 1. The molecule has 0 atom stereocenters. The Kier molecular flexibility index (Phi) is 3.17. The maximum Gasteiger partial charge on any atom is 0.265 e. The van der Waals surface area contributed by atoms with E-state index < -0.39 is 5.82 Å². The average molecular weight is 252 g/mol. The van der Waals surface area contributed by atoms with Crippen molar-refractivity contribution < 1.29 is 13.9 Å². The molecule has 4 nitrogen and oxygen atoms in total. The van der Waals surface area contributed by atoms with Gasteiger partial charge in [0.2, 0.25) is 0 Å². The number of aliphatic imine (C=N–C) groups is 1. The van der Waals surface area contributed by atoms with Gasteiger partial charge in [-0.15, -0.1) is 0 Å². The maximum atomic E-state index is 13.5. The fraction of sp³-hybridized carbons (Fsp3) is 0.273. The molecule has 88 valence electrons. The van der Waals surface area contributed by atoms with Crippen LogP contribution in [0, 0.1) is 5.82 Å². The number of halogens is 1. The van der Waals surface area contributed by atoms with Crippen LogP contribution in [0.3, 0.4) is 0 Å². The van der Waals surface area contributed by atoms with Crippen molar-refractivity contribution in [3.63, 3.8) is 0 Å². The molecule has 0 spiro atoms. The van der Waals surface area contributed by atoms with E-state index in [1.807, 2.05) is 6.92 Å². The lowest BCUT2D eigenvalue weighted by Gasteiger charge is -2.28. The SMILES string of the molecule is CCN1C(=O)COc2cc(F)c(N=C=S)cc21. The van der Waals surface area contributed by atoms with E-state index in [1.54, 1.807) is 0 Å². The normalized spacial score (nSPS) is 13.8. The third kappa shape index (κ3) is 2.05. The number of hydrogen-bond donors (Lipinski definition) is 0. The maximum absolute atomic E-state index is 13.5. The summed E-state index contributed by atoms with van der Waals surface area (Å²) in [6.45, 7) is 2.25. The highest BCUT2D eigenvalue weighted by molar-refractivity contribution is 7.78. The zero-order valence-corrected chi connectivity index (χ0v) is 9.88. The van der Waals surface area contributed by atoms with Crippen molar-refractivity contribution in [3.8, 4) is 5.75 Å². The van der Waals surface area contributed by atoms with Gasteiger partial charge in [-0.2, -0.15) is 4.99 Å². The summed E-state index contributed by atoms with van der Waals surface area (Å²) >= 11 is 4.43. The lowest BCUT2D eigenvalue weighted by Crippen LogP contribution is -2.38. The quantitative estimate of drug-likeness (QED) is 0.599. The van der Waals surface area contributed by atoms with E-state index >= 15 is 0 Å². The molecule has 17 heavy (non-hydrogen) atoms. The number of likely N-dealkylation sites (N-methyl/N-ethyl adjacent to an activating group) is 1. The Bertz CT molecular complexity index is 526. The third-order valence-electron chi connectivity index (χ3n) is 2.45. The van der Waals surface area contributed by atoms with Crippen molar-refractivity contribution in [2.24, 2.45) is 4.99 Å². The van der Waals surface area contributed by atoms with Crippen LogP contribution in [0.5, 0.6) is 5.75 Å². The van der Waals surface area contributed by atoms with Gasteiger partial charge < -0.3 is 9.64 Å². The molecule has 0 fully saturated rings. The number of nitrogens with zero attached hydrogens (tertiary/aromatic N) is 2. The first-order valence-electron chi connectivity index (χ1n) is 5.02. The second-order valence-corrected chi connectivity index (χ2v) is 3.58. The monoisotopic (exact) mass is 252 g/mol. The molecule has 0 aromatic heterocycles. The van der Waals surface area contributed by atoms with Crippen LogP contribution in [-0.4, -0.2) is 24.2 Å². The number of hydrogen-bond acceptors (Lipinski definition) is 4. The van der Waals surface area contributed by atoms with Gasteiger partial charge >= 0.3 is 0 Å². The second-order valence-electron chi connectivity index (χ2n) is 3.40. The number of carbonyl (C=O) groups excluding carboxylic acids is 1. The fourth-order valence-electron chi connectivity index (χ4n) is 1.69. The van der Waals surface area contributed by atoms with Crippen LogP contribution in [0.25, 0.3) is 0 Å². The molecule has 0 radical (unpaired) electrons. The van der Waals surface area contributed by atoms with Crippen LogP contribution in [0.4, 0.5) is 15.8 Å². The molecule has 0 aliphatic carbocycles. The van der Waals surface area contributed by atoms with Crippen molar-refractivity contribution in [2.45, 2.75) is 6.92 Å². The molecular weight excluding hydrogens is 243 g/mol. The lowest BCUT2D eigenvalue weighted by molar-refractivity contribution is -0.121. The van der Waals surface area contributed by atoms with Gasteiger partial charge in [0.15, 0.2) is 12.4 Å². The molecule has 0 saturated heterocycles. The topological polar surface area (TPSA) is 41.9 Å². The molecule has 0 unspecified atom stereocenters. The van der Waals surface area contributed by atoms with Gasteiger partial charge in [-0.1, -0.05) is 0 Å². The van der Waals surface area contributed by atoms with E-state index in [1.165, 1.54) is 17.0 Å². The van der Waals surface area contributed by atoms with Gasteiger partial charge in [0, 0.05) is 12.6 Å². The number of fused-ring (bicyclic) bond motifs is 1. The standard InChI is InChI=1S/C11H9FN2O2S/c1-2-14-9-4-8(13-6-17)7(12)3-10(9)16-5-11(14)15/h3-4H,2,5H2,1H3. The summed E-state index contributed by atoms with van der Waals surface area (Å²) in [5.41, 5.74) is 0.560. The Balaban J connectivity index is 2.57. The summed E-state index contributed by atoms with van der Waals surface area (Å²) < 4.78 is 18.7. The summed E-state index contributed by atoms with van der Waals surface area (Å²) in [6, 6.07) is 2.64. The van der Waals surface area contributed by atoms with E-state index in [0.717, 1.165) is 0 Å². The number of isothiocyanates is 1. The van der Waals surface area contributed by atoms with Crippen LogP contribution >= 0.6 is 12.2 Å². The third-order valence-corrected chi connectivity index (χ3v) is 2.55. The lowest BCUT2D eigenvalue weighted by atomic mass is 10.2. The van der Waals surface area contributed by atoms with Crippen LogP contribution in [0.15, 0.2) is 17.1 Å². The van der Waals surface area contributed by atoms with Crippen LogP contribution in [0.2, 0.25) is 0 Å². The zero-order chi connectivity index (χ0) is 12.4. The van der Waals surface area contributed by atoms with E-state index in [0.29, 0.717) is 18.0 Å². The number of ether oxygens (including phenoxy) is 1. The summed E-state index contributed by atoms with van der Waals surface area (Å²) in [5.74, 6) is -0.373. The van der Waals surface area contributed by atoms with Crippen LogP contribution in [0.1, 0.15) is 6.92 Å². The summed E-state index contributed by atoms with van der Waals surface area (Å²) in [5, 5.41) is 2.10. The zero-order valence-electron chi connectivity index (χ0n) is 9.07. The summed E-state index contributed by atoms with van der Waals surface area (Å²) in [6.07, 6.45) is 0. The number of anilines is 1. The molecule has 0 N–H and O–H groups in total. The van der Waals surface area contributed by atoms with Crippen molar-refractivity contribution >= 4 is 34.7 Å². The van der Waals surface area contributed by atoms with Crippen molar-refractivity contribution in [3.05, 3.63) is 17.9 Å². The van der Waals surface area contributed by atoms with Gasteiger partial charge in [-0.05, 0) is 25.2 Å². The van der Waals surface area contributed by atoms with E-state index in [9.17, 15) is 9.18 Å². The second kappa shape index (κ2) is 4.61. The summed E-state index contributed by atoms with van der Waals surface area (Å²) in [4.78, 5) is 16.7. The minimum Gasteiger partial charge on any atom is -0.481 e. The van der Waals surface area contributed by atoms with E-state index in [-0.39, 0.29) is 18.2 Å². The molecule has 1 aliphatic heterocycles. The fourth-order valence-corrected chi connectivity index (χ4v) is 1.79. The average Bonchev–Trinajstić information content (AvgIpc) is 2.31. The van der Waals surface area contributed by atoms with Gasteiger partial charge in [-0.25, -0.2) is 4.39 Å². The number of benzene rings is 1. The molecule has 1 aliphatic rings. The van der Waals surface area contributed by atoms with Crippen LogP contribution < -0.4 is 9.64 Å². The molecule has 1 heterocycles. The molecule has 6 heteroatoms. The van der Waals surface area contributed by atoms with Gasteiger partial charge in [0.1, 0.15) is 11.4 Å². The smallest absolute Gasteiger partial charge is 0.265 e. The molecule has 1 amide bonds. The Morgan fingerprint density at radius 3 is 3.06 bits per heavy atom. The molecule has 0 saturated carbocycles. The molecular formula is C11H9FN2O2S. The highest BCUT2D eigenvalue weighted by Crippen LogP contribution is 2.37. The van der Waals surface area contributed by atoms with Crippen molar-refractivity contribution in [1.29, 1.82) is 0 Å². The predicted molar refractivity (Wildman–Crippen MR) is 64.6 cm³/mol. The predicted octanol–water partition coefficient (Wildman–Crippen LogP) is 2.31. The van der Waals surface area contributed by atoms with Gasteiger partial charge in [0.25, 0.3) is 5.91 Å². The largest absolute Gasteiger partial charge is 0.481 e. The Hall–Kier alpha value is -1.78. The van der Waals surface area contributed by atoms with Gasteiger partial charge in [0.05, 0.1) is 10.8 Å². The first-order valence-corrected chi connectivity index (χ1v) is 5.42. The van der Waals surface area contributed by atoms with Crippen molar-refractivity contribution in [2.75, 3.05) is 18.1 Å². The van der Waals surface area contributed by atoms with Crippen LogP contribution in [-0.2, 0) is 4.79 Å². The number of rotatable bonds is 2. The Labute approximate surface area is 103 Å². The highest BCUT2D eigenvalue weighted by atomic mass is 32.1. The molecule has 1 aromatic carbocycles. The Morgan fingerprint density at radius 2 is 2.41 bits per heavy atom. The minimum absolute atomic E-state index is 0.0514.